The monoisotopic (exact) mass is 181 g/mol. The average Bonchev–Trinajstić information content (AvgIpc) is 2.01. The topological polar surface area (TPSA) is 83.6 Å². The van der Waals surface area contributed by atoms with Crippen molar-refractivity contribution in [2.45, 2.75) is 23.6 Å². The maximum atomic E-state index is 9.26. The van der Waals surface area contributed by atoms with Gasteiger partial charge in [0.2, 0.25) is 0 Å². The van der Waals surface area contributed by atoms with Crippen LogP contribution < -0.4 is 0 Å². The third-order valence-corrected chi connectivity index (χ3v) is 3.22. The van der Waals surface area contributed by atoms with Crippen LogP contribution in [-0.2, 0) is 0 Å². The number of aliphatic hydroxyl groups is 3. The van der Waals surface area contributed by atoms with E-state index in [1.54, 1.807) is 0 Å². The smallest absolute Gasteiger partial charge is 0.191 e. The number of hydrogen-bond acceptors (Lipinski definition) is 4. The van der Waals surface area contributed by atoms with Crippen molar-refractivity contribution in [2.24, 2.45) is 0 Å². The SMILES string of the molecule is OCC1SCC([OH2+])C(O)[C@@H]1O. The summed E-state index contributed by atoms with van der Waals surface area (Å²) in [6, 6.07) is 0. The van der Waals surface area contributed by atoms with Gasteiger partial charge in [-0.15, -0.1) is 11.8 Å². The lowest BCUT2D eigenvalue weighted by molar-refractivity contribution is -0.0595. The lowest BCUT2D eigenvalue weighted by Crippen LogP contribution is -2.49. The molecule has 0 saturated carbocycles. The second-order valence-corrected chi connectivity index (χ2v) is 3.91. The van der Waals surface area contributed by atoms with Crippen molar-refractivity contribution in [1.29, 1.82) is 0 Å². The van der Waals surface area contributed by atoms with Crippen LogP contribution in [0.4, 0.5) is 0 Å². The van der Waals surface area contributed by atoms with E-state index in [1.165, 1.54) is 11.8 Å². The first-order valence-electron chi connectivity index (χ1n) is 3.46. The molecule has 1 rings (SSSR count). The lowest BCUT2D eigenvalue weighted by atomic mass is 10.1. The molecule has 0 spiro atoms. The predicted molar refractivity (Wildman–Crippen MR) is 42.7 cm³/mol. The fourth-order valence-electron chi connectivity index (χ4n) is 1.04. The van der Waals surface area contributed by atoms with Crippen molar-refractivity contribution in [3.05, 3.63) is 0 Å². The van der Waals surface area contributed by atoms with E-state index in [0.29, 0.717) is 5.75 Å². The van der Waals surface area contributed by atoms with Gasteiger partial charge in [0.05, 0.1) is 17.6 Å². The van der Waals surface area contributed by atoms with Crippen LogP contribution in [0.25, 0.3) is 0 Å². The molecule has 0 radical (unpaired) electrons. The van der Waals surface area contributed by atoms with Crippen molar-refractivity contribution in [3.63, 3.8) is 0 Å². The Morgan fingerprint density at radius 3 is 2.55 bits per heavy atom. The Bertz CT molecular complexity index is 130. The molecule has 0 aliphatic carbocycles. The van der Waals surface area contributed by atoms with Gasteiger partial charge in [0.15, 0.2) is 12.2 Å². The summed E-state index contributed by atoms with van der Waals surface area (Å²) >= 11 is 1.34. The molecule has 0 aromatic heterocycles. The van der Waals surface area contributed by atoms with Gasteiger partial charge in [-0.2, -0.15) is 0 Å². The molecule has 1 aliphatic rings. The van der Waals surface area contributed by atoms with Crippen molar-refractivity contribution < 1.29 is 20.4 Å². The summed E-state index contributed by atoms with van der Waals surface area (Å²) in [7, 11) is 0. The van der Waals surface area contributed by atoms with Gasteiger partial charge in [-0.1, -0.05) is 0 Å². The largest absolute Gasteiger partial charge is 0.441 e. The van der Waals surface area contributed by atoms with Crippen LogP contribution >= 0.6 is 11.8 Å². The minimum atomic E-state index is -1.01. The quantitative estimate of drug-likeness (QED) is 0.405. The predicted octanol–water partition coefficient (Wildman–Crippen LogP) is -2.09. The molecule has 5 heteroatoms. The number of rotatable bonds is 1. The number of aliphatic hydroxyl groups excluding tert-OH is 3. The van der Waals surface area contributed by atoms with Crippen LogP contribution in [0.1, 0.15) is 0 Å². The van der Waals surface area contributed by atoms with Crippen LogP contribution in [0.15, 0.2) is 0 Å². The highest BCUT2D eigenvalue weighted by Crippen LogP contribution is 2.25. The Hall–Kier alpha value is 0.190. The summed E-state index contributed by atoms with van der Waals surface area (Å²) in [6.45, 7) is -0.143. The van der Waals surface area contributed by atoms with E-state index in [4.69, 9.17) is 10.2 Å². The molecule has 3 unspecified atom stereocenters. The molecule has 0 bridgehead atoms. The van der Waals surface area contributed by atoms with Gasteiger partial charge in [-0.25, -0.2) is 0 Å². The molecule has 4 atom stereocenters. The Morgan fingerprint density at radius 2 is 2.00 bits per heavy atom. The minimum absolute atomic E-state index is 0.143. The maximum absolute atomic E-state index is 9.26. The van der Waals surface area contributed by atoms with Crippen molar-refractivity contribution in [3.8, 4) is 0 Å². The molecule has 5 N–H and O–H groups in total. The van der Waals surface area contributed by atoms with Crippen LogP contribution in [-0.4, -0.2) is 56.3 Å². The highest BCUT2D eigenvalue weighted by atomic mass is 32.2. The molecule has 11 heavy (non-hydrogen) atoms. The molecule has 1 fully saturated rings. The van der Waals surface area contributed by atoms with E-state index in [9.17, 15) is 10.2 Å². The number of thioether (sulfide) groups is 1. The van der Waals surface area contributed by atoms with Crippen LogP contribution in [0.3, 0.4) is 0 Å². The third kappa shape index (κ3) is 1.86. The third-order valence-electron chi connectivity index (χ3n) is 1.81. The van der Waals surface area contributed by atoms with Gasteiger partial charge in [0, 0.05) is 0 Å². The highest BCUT2D eigenvalue weighted by Gasteiger charge is 2.39. The second-order valence-electron chi connectivity index (χ2n) is 2.64. The normalized spacial score (nSPS) is 45.8. The average molecular weight is 181 g/mol. The molecule has 1 saturated heterocycles. The standard InChI is InChI=1S/C6H12O4S/c7-1-4-6(10)5(9)3(8)2-11-4/h3-10H,1-2H2/p+1/t3?,4?,5?,6-/m1/s1. The molecule has 1 aliphatic heterocycles. The molecule has 0 aromatic rings. The van der Waals surface area contributed by atoms with Crippen molar-refractivity contribution in [1.82, 2.24) is 0 Å². The van der Waals surface area contributed by atoms with E-state index < -0.39 is 18.3 Å². The Kier molecular flexibility index (Phi) is 3.15. The van der Waals surface area contributed by atoms with Crippen LogP contribution in [0.2, 0.25) is 0 Å². The zero-order chi connectivity index (χ0) is 8.43. The highest BCUT2D eigenvalue weighted by molar-refractivity contribution is 8.00. The first-order valence-corrected chi connectivity index (χ1v) is 4.51. The van der Waals surface area contributed by atoms with Gasteiger partial charge in [0.1, 0.15) is 6.10 Å². The molecule has 66 valence electrons. The zero-order valence-electron chi connectivity index (χ0n) is 5.97. The van der Waals surface area contributed by atoms with E-state index in [1.807, 2.05) is 0 Å². The van der Waals surface area contributed by atoms with Gasteiger partial charge in [0.25, 0.3) is 0 Å². The fourth-order valence-corrected chi connectivity index (χ4v) is 2.16. The van der Waals surface area contributed by atoms with Gasteiger partial charge in [-0.05, 0) is 0 Å². The minimum Gasteiger partial charge on any atom is -0.441 e. The number of hydrogen-bond donors (Lipinski definition) is 3. The summed E-state index contributed by atoms with van der Waals surface area (Å²) in [5.74, 6) is 0.476. The van der Waals surface area contributed by atoms with E-state index in [2.05, 4.69) is 0 Å². The van der Waals surface area contributed by atoms with Gasteiger partial charge < -0.3 is 20.4 Å². The van der Waals surface area contributed by atoms with Gasteiger partial charge >= 0.3 is 0 Å². The van der Waals surface area contributed by atoms with Gasteiger partial charge in [-0.3, -0.25) is 0 Å². The first-order chi connectivity index (χ1) is 5.16. The molecular formula is C6H13O4S+. The summed E-state index contributed by atoms with van der Waals surface area (Å²) in [6.07, 6.45) is -2.59. The summed E-state index contributed by atoms with van der Waals surface area (Å²) in [5, 5.41) is 34.1. The molecular weight excluding hydrogens is 168 g/mol. The van der Waals surface area contributed by atoms with Crippen molar-refractivity contribution >= 4 is 11.8 Å². The molecule has 0 aromatic carbocycles. The summed E-state index contributed by atoms with van der Waals surface area (Å²) in [4.78, 5) is 0. The summed E-state index contributed by atoms with van der Waals surface area (Å²) in [5.41, 5.74) is 0. The Labute approximate surface area is 68.9 Å². The Balaban J connectivity index is 2.52. The van der Waals surface area contributed by atoms with E-state index in [-0.39, 0.29) is 11.9 Å². The summed E-state index contributed by atoms with van der Waals surface area (Å²) < 4.78 is 0. The molecule has 1 heterocycles. The maximum Gasteiger partial charge on any atom is 0.191 e. The molecule has 0 amide bonds. The zero-order valence-corrected chi connectivity index (χ0v) is 6.79. The lowest BCUT2D eigenvalue weighted by Gasteiger charge is -2.31. The first kappa shape index (κ1) is 9.28. The molecule has 4 nitrogen and oxygen atoms in total. The fraction of sp³-hybridized carbons (Fsp3) is 1.00. The van der Waals surface area contributed by atoms with E-state index >= 15 is 0 Å². The van der Waals surface area contributed by atoms with Crippen LogP contribution in [0.5, 0.6) is 0 Å². The van der Waals surface area contributed by atoms with Crippen LogP contribution in [0, 0.1) is 0 Å². The van der Waals surface area contributed by atoms with E-state index in [0.717, 1.165) is 0 Å². The van der Waals surface area contributed by atoms with Crippen molar-refractivity contribution in [2.75, 3.05) is 12.4 Å². The second kappa shape index (κ2) is 3.73. The Morgan fingerprint density at radius 1 is 1.36 bits per heavy atom.